The zero-order chi connectivity index (χ0) is 14.1. The molecular formula is C16H22N2O. The van der Waals surface area contributed by atoms with E-state index < -0.39 is 0 Å². The molecule has 0 saturated carbocycles. The highest BCUT2D eigenvalue weighted by Crippen LogP contribution is 2.15. The van der Waals surface area contributed by atoms with Crippen molar-refractivity contribution in [2.45, 2.75) is 39.2 Å². The molecule has 1 amide bonds. The maximum atomic E-state index is 12.1. The Balaban J connectivity index is 2.54. The van der Waals surface area contributed by atoms with Gasteiger partial charge in [-0.1, -0.05) is 12.1 Å². The molecule has 0 heterocycles. The van der Waals surface area contributed by atoms with Gasteiger partial charge in [-0.05, 0) is 38.8 Å². The average Bonchev–Trinajstić information content (AvgIpc) is 2.38. The summed E-state index contributed by atoms with van der Waals surface area (Å²) < 4.78 is 0. The molecule has 0 fully saturated rings. The van der Waals surface area contributed by atoms with Gasteiger partial charge in [0.05, 0.1) is 5.56 Å². The van der Waals surface area contributed by atoms with E-state index in [4.69, 9.17) is 6.42 Å². The Bertz CT molecular complexity index is 446. The van der Waals surface area contributed by atoms with E-state index in [1.807, 2.05) is 24.3 Å². The maximum Gasteiger partial charge on any atom is 0.253 e. The van der Waals surface area contributed by atoms with Crippen molar-refractivity contribution in [1.29, 1.82) is 0 Å². The van der Waals surface area contributed by atoms with Gasteiger partial charge >= 0.3 is 0 Å². The monoisotopic (exact) mass is 258 g/mol. The molecule has 0 unspecified atom stereocenters. The van der Waals surface area contributed by atoms with E-state index in [1.54, 1.807) is 0 Å². The van der Waals surface area contributed by atoms with Gasteiger partial charge < -0.3 is 10.6 Å². The Morgan fingerprint density at radius 3 is 2.74 bits per heavy atom. The zero-order valence-corrected chi connectivity index (χ0v) is 11.7. The number of carbonyl (C=O) groups is 1. The zero-order valence-electron chi connectivity index (χ0n) is 11.7. The average molecular weight is 258 g/mol. The lowest BCUT2D eigenvalue weighted by atomic mass is 10.1. The van der Waals surface area contributed by atoms with E-state index >= 15 is 0 Å². The van der Waals surface area contributed by atoms with Crippen molar-refractivity contribution in [2.75, 3.05) is 11.9 Å². The molecule has 3 nitrogen and oxygen atoms in total. The Hall–Kier alpha value is -1.95. The number of amides is 1. The summed E-state index contributed by atoms with van der Waals surface area (Å²) in [5.74, 6) is 2.56. The summed E-state index contributed by atoms with van der Waals surface area (Å²) >= 11 is 0. The number of anilines is 1. The SMILES string of the molecule is C#CCCCCNC(=O)c1ccccc1NC(C)C. The second-order valence-corrected chi connectivity index (χ2v) is 4.76. The topological polar surface area (TPSA) is 41.1 Å². The molecule has 0 radical (unpaired) electrons. The van der Waals surface area contributed by atoms with Crippen molar-refractivity contribution in [3.8, 4) is 12.3 Å². The van der Waals surface area contributed by atoms with Crippen LogP contribution in [-0.4, -0.2) is 18.5 Å². The van der Waals surface area contributed by atoms with Crippen molar-refractivity contribution < 1.29 is 4.79 Å². The van der Waals surface area contributed by atoms with Crippen LogP contribution < -0.4 is 10.6 Å². The third-order valence-corrected chi connectivity index (χ3v) is 2.65. The normalized spacial score (nSPS) is 10.0. The molecule has 0 aliphatic heterocycles. The molecule has 19 heavy (non-hydrogen) atoms. The summed E-state index contributed by atoms with van der Waals surface area (Å²) in [6, 6.07) is 7.85. The van der Waals surface area contributed by atoms with Crippen molar-refractivity contribution in [1.82, 2.24) is 5.32 Å². The number of para-hydroxylation sites is 1. The predicted octanol–water partition coefficient (Wildman–Crippen LogP) is 3.04. The molecular weight excluding hydrogens is 236 g/mol. The Kier molecular flexibility index (Phi) is 6.52. The lowest BCUT2D eigenvalue weighted by molar-refractivity contribution is 0.0954. The van der Waals surface area contributed by atoms with E-state index in [0.717, 1.165) is 24.9 Å². The Labute approximate surface area is 115 Å². The van der Waals surface area contributed by atoms with Gasteiger partial charge in [0.2, 0.25) is 0 Å². The van der Waals surface area contributed by atoms with Gasteiger partial charge in [-0.2, -0.15) is 0 Å². The van der Waals surface area contributed by atoms with Gasteiger partial charge in [-0.25, -0.2) is 0 Å². The molecule has 0 bridgehead atoms. The van der Waals surface area contributed by atoms with E-state index in [0.29, 0.717) is 18.2 Å². The number of rotatable bonds is 7. The molecule has 0 aromatic heterocycles. The minimum atomic E-state index is -0.0375. The third-order valence-electron chi connectivity index (χ3n) is 2.65. The van der Waals surface area contributed by atoms with E-state index in [-0.39, 0.29) is 5.91 Å². The van der Waals surface area contributed by atoms with Crippen LogP contribution in [0, 0.1) is 12.3 Å². The van der Waals surface area contributed by atoms with Crippen LogP contribution in [0.3, 0.4) is 0 Å². The van der Waals surface area contributed by atoms with Crippen molar-refractivity contribution >= 4 is 11.6 Å². The standard InChI is InChI=1S/C16H22N2O/c1-4-5-6-9-12-17-16(19)14-10-7-8-11-15(14)18-13(2)3/h1,7-8,10-11,13,18H,5-6,9,12H2,2-3H3,(H,17,19). The minimum Gasteiger partial charge on any atom is -0.382 e. The second-order valence-electron chi connectivity index (χ2n) is 4.76. The highest BCUT2D eigenvalue weighted by atomic mass is 16.1. The molecule has 102 valence electrons. The number of terminal acetylenes is 1. The Morgan fingerprint density at radius 1 is 1.32 bits per heavy atom. The first-order chi connectivity index (χ1) is 9.15. The summed E-state index contributed by atoms with van der Waals surface area (Å²) in [6.07, 6.45) is 7.81. The van der Waals surface area contributed by atoms with Gasteiger partial charge in [0.1, 0.15) is 0 Å². The van der Waals surface area contributed by atoms with Gasteiger partial charge in [0, 0.05) is 24.7 Å². The van der Waals surface area contributed by atoms with Crippen LogP contribution in [0.25, 0.3) is 0 Å². The molecule has 0 spiro atoms. The number of benzene rings is 1. The molecule has 1 aromatic rings. The van der Waals surface area contributed by atoms with Crippen LogP contribution in [0.2, 0.25) is 0 Å². The van der Waals surface area contributed by atoms with Crippen molar-refractivity contribution in [2.24, 2.45) is 0 Å². The van der Waals surface area contributed by atoms with Crippen LogP contribution in [0.4, 0.5) is 5.69 Å². The highest BCUT2D eigenvalue weighted by Gasteiger charge is 2.10. The first-order valence-electron chi connectivity index (χ1n) is 6.72. The van der Waals surface area contributed by atoms with Crippen LogP contribution in [0.5, 0.6) is 0 Å². The van der Waals surface area contributed by atoms with Gasteiger partial charge in [-0.15, -0.1) is 12.3 Å². The molecule has 0 aliphatic carbocycles. The number of carbonyl (C=O) groups excluding carboxylic acids is 1. The lowest BCUT2D eigenvalue weighted by Gasteiger charge is -2.14. The van der Waals surface area contributed by atoms with E-state index in [9.17, 15) is 4.79 Å². The number of hydrogen-bond acceptors (Lipinski definition) is 2. The summed E-state index contributed by atoms with van der Waals surface area (Å²) in [7, 11) is 0. The Morgan fingerprint density at radius 2 is 2.05 bits per heavy atom. The maximum absolute atomic E-state index is 12.1. The van der Waals surface area contributed by atoms with Crippen LogP contribution in [0.1, 0.15) is 43.5 Å². The quantitative estimate of drug-likeness (QED) is 0.583. The number of nitrogens with one attached hydrogen (secondary N) is 2. The molecule has 1 aromatic carbocycles. The van der Waals surface area contributed by atoms with Gasteiger partial charge in [0.25, 0.3) is 5.91 Å². The summed E-state index contributed by atoms with van der Waals surface area (Å²) in [5.41, 5.74) is 1.56. The molecule has 0 atom stereocenters. The molecule has 1 rings (SSSR count). The van der Waals surface area contributed by atoms with Crippen LogP contribution in [0.15, 0.2) is 24.3 Å². The summed E-state index contributed by atoms with van der Waals surface area (Å²) in [5, 5.41) is 6.20. The largest absolute Gasteiger partial charge is 0.382 e. The van der Waals surface area contributed by atoms with Crippen molar-refractivity contribution in [3.63, 3.8) is 0 Å². The second kappa shape index (κ2) is 8.20. The van der Waals surface area contributed by atoms with Crippen LogP contribution >= 0.6 is 0 Å². The smallest absolute Gasteiger partial charge is 0.253 e. The first-order valence-corrected chi connectivity index (χ1v) is 6.72. The van der Waals surface area contributed by atoms with Gasteiger partial charge in [0.15, 0.2) is 0 Å². The summed E-state index contributed by atoms with van der Waals surface area (Å²) in [6.45, 7) is 4.76. The first kappa shape index (κ1) is 15.1. The lowest BCUT2D eigenvalue weighted by Crippen LogP contribution is -2.26. The van der Waals surface area contributed by atoms with Gasteiger partial charge in [-0.3, -0.25) is 4.79 Å². The summed E-state index contributed by atoms with van der Waals surface area (Å²) in [4.78, 5) is 12.1. The predicted molar refractivity (Wildman–Crippen MR) is 80.2 cm³/mol. The van der Waals surface area contributed by atoms with E-state index in [2.05, 4.69) is 30.4 Å². The third kappa shape index (κ3) is 5.48. The fourth-order valence-corrected chi connectivity index (χ4v) is 1.77. The highest BCUT2D eigenvalue weighted by molar-refractivity contribution is 5.99. The minimum absolute atomic E-state index is 0.0375. The van der Waals surface area contributed by atoms with E-state index in [1.165, 1.54) is 0 Å². The molecule has 2 N–H and O–H groups in total. The molecule has 0 aliphatic rings. The fraction of sp³-hybridized carbons (Fsp3) is 0.438. The van der Waals surface area contributed by atoms with Crippen molar-refractivity contribution in [3.05, 3.63) is 29.8 Å². The fourth-order valence-electron chi connectivity index (χ4n) is 1.77. The number of unbranched alkanes of at least 4 members (excludes halogenated alkanes) is 2. The van der Waals surface area contributed by atoms with Crippen LogP contribution in [-0.2, 0) is 0 Å². The number of hydrogen-bond donors (Lipinski definition) is 2. The molecule has 0 saturated heterocycles. The molecule has 3 heteroatoms.